The maximum absolute atomic E-state index is 11.4. The molecule has 2 aliphatic rings. The van der Waals surface area contributed by atoms with E-state index in [1.807, 2.05) is 0 Å². The van der Waals surface area contributed by atoms with E-state index in [1.54, 1.807) is 0 Å². The van der Waals surface area contributed by atoms with E-state index in [0.29, 0.717) is 19.5 Å². The van der Waals surface area contributed by atoms with Crippen LogP contribution in [0.4, 0.5) is 4.79 Å². The molecule has 2 aliphatic carbocycles. The van der Waals surface area contributed by atoms with Crippen LogP contribution in [-0.2, 0) is 4.79 Å². The number of fused-ring (bicyclic) bond motifs is 2. The van der Waals surface area contributed by atoms with E-state index in [4.69, 9.17) is 5.11 Å². The van der Waals surface area contributed by atoms with E-state index in [1.165, 1.54) is 12.8 Å². The lowest BCUT2D eigenvalue weighted by Crippen LogP contribution is -2.37. The van der Waals surface area contributed by atoms with Gasteiger partial charge in [-0.05, 0) is 43.4 Å². The normalized spacial score (nSPS) is 27.5. The van der Waals surface area contributed by atoms with Crippen LogP contribution in [0.2, 0.25) is 0 Å². The fourth-order valence-corrected chi connectivity index (χ4v) is 3.10. The zero-order valence-corrected chi connectivity index (χ0v) is 11.1. The Morgan fingerprint density at radius 2 is 1.95 bits per heavy atom. The fourth-order valence-electron chi connectivity index (χ4n) is 3.10. The lowest BCUT2D eigenvalue weighted by atomic mass is 9.91. The van der Waals surface area contributed by atoms with Gasteiger partial charge in [0.05, 0.1) is 0 Å². The first-order valence-electron chi connectivity index (χ1n) is 7.07. The molecule has 3 atom stereocenters. The van der Waals surface area contributed by atoms with E-state index >= 15 is 0 Å². The minimum absolute atomic E-state index is 0.0950. The second-order valence-electron chi connectivity index (χ2n) is 5.51. The van der Waals surface area contributed by atoms with Gasteiger partial charge in [0.25, 0.3) is 0 Å². The molecule has 2 amide bonds. The summed E-state index contributed by atoms with van der Waals surface area (Å²) in [7, 11) is 0. The predicted molar refractivity (Wildman–Crippen MR) is 71.7 cm³/mol. The summed E-state index contributed by atoms with van der Waals surface area (Å²) in [5, 5.41) is 14.0. The van der Waals surface area contributed by atoms with Crippen LogP contribution in [0.15, 0.2) is 12.2 Å². The summed E-state index contributed by atoms with van der Waals surface area (Å²) >= 11 is 0. The van der Waals surface area contributed by atoms with Crippen molar-refractivity contribution >= 4 is 12.0 Å². The van der Waals surface area contributed by atoms with Crippen molar-refractivity contribution in [3.63, 3.8) is 0 Å². The van der Waals surface area contributed by atoms with Gasteiger partial charge in [0.15, 0.2) is 0 Å². The number of carbonyl (C=O) groups is 2. The Bertz CT molecular complexity index is 368. The number of carbonyl (C=O) groups excluding carboxylic acids is 1. The average Bonchev–Trinajstić information content (AvgIpc) is 2.96. The monoisotopic (exact) mass is 266 g/mol. The zero-order chi connectivity index (χ0) is 13.7. The number of rotatable bonds is 7. The Morgan fingerprint density at radius 1 is 1.16 bits per heavy atom. The Morgan fingerprint density at radius 3 is 2.58 bits per heavy atom. The highest BCUT2D eigenvalue weighted by Gasteiger charge is 2.34. The van der Waals surface area contributed by atoms with E-state index < -0.39 is 5.97 Å². The summed E-state index contributed by atoms with van der Waals surface area (Å²) in [6, 6.07) is -0.191. The molecule has 0 aromatic heterocycles. The van der Waals surface area contributed by atoms with Crippen molar-refractivity contribution in [2.24, 2.45) is 17.8 Å². The Hall–Kier alpha value is -1.52. The summed E-state index contributed by atoms with van der Waals surface area (Å²) in [5.74, 6) is 1.40. The van der Waals surface area contributed by atoms with Gasteiger partial charge in [0, 0.05) is 19.5 Å². The molecule has 0 aromatic rings. The molecule has 2 bridgehead atoms. The Labute approximate surface area is 113 Å². The van der Waals surface area contributed by atoms with Crippen molar-refractivity contribution in [3.05, 3.63) is 12.2 Å². The quantitative estimate of drug-likeness (QED) is 0.485. The summed E-state index contributed by atoms with van der Waals surface area (Å²) in [6.45, 7) is 1.11. The lowest BCUT2D eigenvalue weighted by molar-refractivity contribution is -0.137. The molecule has 2 rings (SSSR count). The van der Waals surface area contributed by atoms with Gasteiger partial charge in [-0.25, -0.2) is 4.79 Å². The summed E-state index contributed by atoms with van der Waals surface area (Å²) in [6.07, 6.45) is 8.81. The van der Waals surface area contributed by atoms with Gasteiger partial charge in [-0.3, -0.25) is 4.79 Å². The van der Waals surface area contributed by atoms with Gasteiger partial charge < -0.3 is 15.7 Å². The average molecular weight is 266 g/mol. The third-order valence-corrected chi connectivity index (χ3v) is 4.07. The first kappa shape index (κ1) is 13.9. The number of urea groups is 1. The van der Waals surface area contributed by atoms with Crippen molar-refractivity contribution in [2.45, 2.75) is 32.1 Å². The number of nitrogens with one attached hydrogen (secondary N) is 2. The standard InChI is InChI=1S/C14H22N2O3/c17-13(18)2-1-6-15-14(19)16-7-5-12-9-10-3-4-11(12)8-10/h3-4,10-12H,1-2,5-9H2,(H,17,18)(H2,15,16,19)/t10-,11+,12?/m1/s1. The highest BCUT2D eigenvalue weighted by molar-refractivity contribution is 5.73. The number of hydrogen-bond donors (Lipinski definition) is 3. The third kappa shape index (κ3) is 4.26. The highest BCUT2D eigenvalue weighted by atomic mass is 16.4. The number of carboxylic acids is 1. The number of amides is 2. The Balaban J connectivity index is 1.50. The van der Waals surface area contributed by atoms with Crippen LogP contribution < -0.4 is 10.6 Å². The smallest absolute Gasteiger partial charge is 0.314 e. The van der Waals surface area contributed by atoms with Crippen LogP contribution in [0.5, 0.6) is 0 Å². The molecule has 3 N–H and O–H groups in total. The van der Waals surface area contributed by atoms with Crippen molar-refractivity contribution in [1.82, 2.24) is 10.6 Å². The van der Waals surface area contributed by atoms with Crippen molar-refractivity contribution in [3.8, 4) is 0 Å². The van der Waals surface area contributed by atoms with Gasteiger partial charge in [0.1, 0.15) is 0 Å². The molecule has 0 heterocycles. The molecule has 5 nitrogen and oxygen atoms in total. The number of carboxylic acid groups (broad SMARTS) is 1. The highest BCUT2D eigenvalue weighted by Crippen LogP contribution is 2.44. The van der Waals surface area contributed by atoms with Crippen molar-refractivity contribution in [1.29, 1.82) is 0 Å². The van der Waals surface area contributed by atoms with Gasteiger partial charge in [-0.2, -0.15) is 0 Å². The van der Waals surface area contributed by atoms with Crippen LogP contribution in [-0.4, -0.2) is 30.2 Å². The summed E-state index contributed by atoms with van der Waals surface area (Å²) in [5.41, 5.74) is 0. The Kier molecular flexibility index (Phi) is 4.82. The molecule has 0 aliphatic heterocycles. The van der Waals surface area contributed by atoms with Gasteiger partial charge >= 0.3 is 12.0 Å². The lowest BCUT2D eigenvalue weighted by Gasteiger charge is -2.18. The molecular formula is C14H22N2O3. The van der Waals surface area contributed by atoms with Crippen LogP contribution >= 0.6 is 0 Å². The number of aliphatic carboxylic acids is 1. The van der Waals surface area contributed by atoms with Crippen LogP contribution in [0, 0.1) is 17.8 Å². The molecule has 0 saturated heterocycles. The summed E-state index contributed by atoms with van der Waals surface area (Å²) in [4.78, 5) is 21.7. The van der Waals surface area contributed by atoms with Gasteiger partial charge in [-0.15, -0.1) is 0 Å². The molecule has 1 fully saturated rings. The minimum atomic E-state index is -0.827. The van der Waals surface area contributed by atoms with E-state index in [9.17, 15) is 9.59 Å². The number of allylic oxidation sites excluding steroid dienone is 2. The van der Waals surface area contributed by atoms with Crippen LogP contribution in [0.1, 0.15) is 32.1 Å². The number of hydrogen-bond acceptors (Lipinski definition) is 2. The molecule has 0 spiro atoms. The third-order valence-electron chi connectivity index (χ3n) is 4.07. The molecule has 0 aromatic carbocycles. The largest absolute Gasteiger partial charge is 0.481 e. The molecule has 1 unspecified atom stereocenters. The molecule has 19 heavy (non-hydrogen) atoms. The summed E-state index contributed by atoms with van der Waals surface area (Å²) < 4.78 is 0. The maximum atomic E-state index is 11.4. The van der Waals surface area contributed by atoms with Crippen LogP contribution in [0.25, 0.3) is 0 Å². The molecule has 1 saturated carbocycles. The van der Waals surface area contributed by atoms with E-state index in [0.717, 1.165) is 24.2 Å². The van der Waals surface area contributed by atoms with E-state index in [2.05, 4.69) is 22.8 Å². The van der Waals surface area contributed by atoms with Crippen LogP contribution in [0.3, 0.4) is 0 Å². The predicted octanol–water partition coefficient (Wildman–Crippen LogP) is 1.75. The molecule has 5 heteroatoms. The fraction of sp³-hybridized carbons (Fsp3) is 0.714. The second kappa shape index (κ2) is 6.59. The van der Waals surface area contributed by atoms with Gasteiger partial charge in [-0.1, -0.05) is 12.2 Å². The second-order valence-corrected chi connectivity index (χ2v) is 5.51. The van der Waals surface area contributed by atoms with E-state index in [-0.39, 0.29) is 12.5 Å². The van der Waals surface area contributed by atoms with Crippen molar-refractivity contribution in [2.75, 3.05) is 13.1 Å². The zero-order valence-electron chi connectivity index (χ0n) is 11.1. The molecule has 106 valence electrons. The van der Waals surface area contributed by atoms with Crippen molar-refractivity contribution < 1.29 is 14.7 Å². The molecule has 0 radical (unpaired) electrons. The topological polar surface area (TPSA) is 78.4 Å². The first-order chi connectivity index (χ1) is 9.15. The first-order valence-corrected chi connectivity index (χ1v) is 7.07. The molecular weight excluding hydrogens is 244 g/mol. The minimum Gasteiger partial charge on any atom is -0.481 e. The van der Waals surface area contributed by atoms with Gasteiger partial charge in [0.2, 0.25) is 0 Å². The SMILES string of the molecule is O=C(O)CCCNC(=O)NCCC1C[C@@H]2C=C[C@H]1C2. The maximum Gasteiger partial charge on any atom is 0.314 e.